The minimum absolute atomic E-state index is 0.458. The smallest absolute Gasteiger partial charge is 0.171 e. The van der Waals surface area contributed by atoms with Crippen LogP contribution in [0.2, 0.25) is 5.02 Å². The van der Waals surface area contributed by atoms with Crippen molar-refractivity contribution in [2.75, 3.05) is 18.4 Å². The number of benzene rings is 1. The van der Waals surface area contributed by atoms with Crippen LogP contribution in [0.15, 0.2) is 18.2 Å². The highest BCUT2D eigenvalue weighted by Gasteiger charge is 2.21. The Hall–Kier alpha value is -0.840. The Morgan fingerprint density at radius 1 is 1.33 bits per heavy atom. The largest absolute Gasteiger partial charge is 0.360 e. The molecule has 0 atom stereocenters. The molecule has 0 unspecified atom stereocenters. The van der Waals surface area contributed by atoms with Crippen LogP contribution in [0, 0.1) is 6.92 Å². The molecular formula is C16H24ClN3S. The summed E-state index contributed by atoms with van der Waals surface area (Å²) in [5, 5.41) is 8.08. The van der Waals surface area contributed by atoms with Crippen LogP contribution in [-0.4, -0.2) is 35.2 Å². The Morgan fingerprint density at radius 2 is 2.00 bits per heavy atom. The van der Waals surface area contributed by atoms with Gasteiger partial charge in [-0.2, -0.15) is 0 Å². The molecule has 1 heterocycles. The van der Waals surface area contributed by atoms with Crippen LogP contribution in [0.25, 0.3) is 0 Å². The number of halogens is 1. The lowest BCUT2D eigenvalue weighted by Gasteiger charge is -2.35. The number of hydrogen-bond donors (Lipinski definition) is 2. The Labute approximate surface area is 138 Å². The van der Waals surface area contributed by atoms with Crippen LogP contribution in [0.5, 0.6) is 0 Å². The summed E-state index contributed by atoms with van der Waals surface area (Å²) < 4.78 is 0. The van der Waals surface area contributed by atoms with Gasteiger partial charge in [-0.15, -0.1) is 0 Å². The van der Waals surface area contributed by atoms with Crippen LogP contribution in [0.4, 0.5) is 5.69 Å². The molecule has 0 aliphatic carbocycles. The van der Waals surface area contributed by atoms with Crippen molar-refractivity contribution < 1.29 is 0 Å². The van der Waals surface area contributed by atoms with Crippen molar-refractivity contribution in [2.45, 2.75) is 45.7 Å². The Morgan fingerprint density at radius 3 is 2.62 bits per heavy atom. The van der Waals surface area contributed by atoms with Gasteiger partial charge in [-0.05, 0) is 63.5 Å². The van der Waals surface area contributed by atoms with Crippen LogP contribution >= 0.6 is 23.8 Å². The summed E-state index contributed by atoms with van der Waals surface area (Å²) in [5.41, 5.74) is 2.11. The normalized spacial score (nSPS) is 17.0. The van der Waals surface area contributed by atoms with Crippen molar-refractivity contribution in [3.05, 3.63) is 28.8 Å². The highest BCUT2D eigenvalue weighted by Crippen LogP contribution is 2.20. The highest BCUT2D eigenvalue weighted by molar-refractivity contribution is 7.80. The van der Waals surface area contributed by atoms with E-state index in [1.54, 1.807) is 0 Å². The summed E-state index contributed by atoms with van der Waals surface area (Å²) in [6, 6.07) is 6.88. The third-order valence-corrected chi connectivity index (χ3v) is 4.50. The molecule has 5 heteroatoms. The highest BCUT2D eigenvalue weighted by atomic mass is 35.5. The molecule has 0 bridgehead atoms. The lowest BCUT2D eigenvalue weighted by Crippen LogP contribution is -2.47. The number of likely N-dealkylation sites (tertiary alicyclic amines) is 1. The van der Waals surface area contributed by atoms with Crippen molar-refractivity contribution in [3.63, 3.8) is 0 Å². The first kappa shape index (κ1) is 16.5. The molecule has 0 aromatic heterocycles. The van der Waals surface area contributed by atoms with Gasteiger partial charge in [0.1, 0.15) is 0 Å². The number of nitrogens with one attached hydrogen (secondary N) is 2. The molecule has 1 aliphatic heterocycles. The van der Waals surface area contributed by atoms with Gasteiger partial charge in [-0.1, -0.05) is 17.7 Å². The van der Waals surface area contributed by atoms with Gasteiger partial charge in [-0.3, -0.25) is 0 Å². The average molecular weight is 326 g/mol. The lowest BCUT2D eigenvalue weighted by atomic mass is 10.0. The summed E-state index contributed by atoms with van der Waals surface area (Å²) in [6.45, 7) is 8.81. The summed E-state index contributed by atoms with van der Waals surface area (Å²) in [5.74, 6) is 0. The zero-order valence-corrected chi connectivity index (χ0v) is 14.5. The molecule has 1 saturated heterocycles. The number of thiocarbonyl (C=S) groups is 1. The van der Waals surface area contributed by atoms with E-state index in [1.807, 2.05) is 25.1 Å². The van der Waals surface area contributed by atoms with Crippen LogP contribution < -0.4 is 10.6 Å². The molecule has 0 saturated carbocycles. The Kier molecular flexibility index (Phi) is 5.85. The standard InChI is InChI=1S/C16H24ClN3S/c1-11(2)20-8-6-14(7-9-20)18-16(21)19-15-10-13(17)5-4-12(15)3/h4-5,10-11,14H,6-9H2,1-3H3,(H2,18,19,21). The van der Waals surface area contributed by atoms with E-state index in [2.05, 4.69) is 29.4 Å². The van der Waals surface area contributed by atoms with Gasteiger partial charge in [0, 0.05) is 35.9 Å². The van der Waals surface area contributed by atoms with Gasteiger partial charge in [-0.25, -0.2) is 0 Å². The molecule has 116 valence electrons. The fourth-order valence-electron chi connectivity index (χ4n) is 2.63. The van der Waals surface area contributed by atoms with E-state index in [0.29, 0.717) is 17.2 Å². The predicted octanol–water partition coefficient (Wildman–Crippen LogP) is 3.81. The summed E-state index contributed by atoms with van der Waals surface area (Å²) in [6.07, 6.45) is 2.27. The molecule has 0 radical (unpaired) electrons. The minimum Gasteiger partial charge on any atom is -0.360 e. The van der Waals surface area contributed by atoms with E-state index < -0.39 is 0 Å². The summed E-state index contributed by atoms with van der Waals surface area (Å²) >= 11 is 11.5. The third kappa shape index (κ3) is 4.83. The maximum Gasteiger partial charge on any atom is 0.171 e. The van der Waals surface area contributed by atoms with E-state index in [4.69, 9.17) is 23.8 Å². The van der Waals surface area contributed by atoms with Gasteiger partial charge in [0.05, 0.1) is 0 Å². The molecule has 2 rings (SSSR count). The van der Waals surface area contributed by atoms with Crippen LogP contribution in [0.1, 0.15) is 32.3 Å². The number of hydrogen-bond acceptors (Lipinski definition) is 2. The lowest BCUT2D eigenvalue weighted by molar-refractivity contribution is 0.168. The molecule has 1 aromatic rings. The maximum atomic E-state index is 6.03. The molecule has 0 amide bonds. The fraction of sp³-hybridized carbons (Fsp3) is 0.562. The second kappa shape index (κ2) is 7.43. The number of nitrogens with zero attached hydrogens (tertiary/aromatic N) is 1. The topological polar surface area (TPSA) is 27.3 Å². The van der Waals surface area contributed by atoms with E-state index in [9.17, 15) is 0 Å². The minimum atomic E-state index is 0.458. The van der Waals surface area contributed by atoms with Crippen LogP contribution in [-0.2, 0) is 0 Å². The van der Waals surface area contributed by atoms with Gasteiger partial charge in [0.15, 0.2) is 5.11 Å². The first-order valence-electron chi connectivity index (χ1n) is 7.53. The SMILES string of the molecule is Cc1ccc(Cl)cc1NC(=S)NC1CCN(C(C)C)CC1. The molecule has 1 aromatic carbocycles. The second-order valence-corrected chi connectivity index (χ2v) is 6.81. The third-order valence-electron chi connectivity index (χ3n) is 4.04. The first-order chi connectivity index (χ1) is 9.95. The quantitative estimate of drug-likeness (QED) is 0.826. The van der Waals surface area contributed by atoms with Gasteiger partial charge < -0.3 is 15.5 Å². The van der Waals surface area contributed by atoms with E-state index in [0.717, 1.165) is 42.2 Å². The number of aryl methyl sites for hydroxylation is 1. The molecule has 1 aliphatic rings. The van der Waals surface area contributed by atoms with E-state index >= 15 is 0 Å². The molecule has 2 N–H and O–H groups in total. The fourth-order valence-corrected chi connectivity index (χ4v) is 3.08. The van der Waals surface area contributed by atoms with Crippen LogP contribution in [0.3, 0.4) is 0 Å². The monoisotopic (exact) mass is 325 g/mol. The molecule has 3 nitrogen and oxygen atoms in total. The Bertz CT molecular complexity index is 496. The zero-order chi connectivity index (χ0) is 15.4. The number of piperidine rings is 1. The summed E-state index contributed by atoms with van der Waals surface area (Å²) in [7, 11) is 0. The van der Waals surface area contributed by atoms with Gasteiger partial charge >= 0.3 is 0 Å². The molecular weight excluding hydrogens is 302 g/mol. The predicted molar refractivity (Wildman–Crippen MR) is 95.3 cm³/mol. The van der Waals surface area contributed by atoms with Crippen molar-refractivity contribution >= 4 is 34.6 Å². The van der Waals surface area contributed by atoms with Gasteiger partial charge in [0.2, 0.25) is 0 Å². The van der Waals surface area contributed by atoms with Crippen molar-refractivity contribution in [1.29, 1.82) is 0 Å². The summed E-state index contributed by atoms with van der Waals surface area (Å²) in [4.78, 5) is 2.51. The average Bonchev–Trinajstić information content (AvgIpc) is 2.43. The number of rotatable bonds is 3. The zero-order valence-electron chi connectivity index (χ0n) is 12.9. The van der Waals surface area contributed by atoms with Crippen molar-refractivity contribution in [2.24, 2.45) is 0 Å². The maximum absolute atomic E-state index is 6.03. The van der Waals surface area contributed by atoms with E-state index in [1.165, 1.54) is 0 Å². The second-order valence-electron chi connectivity index (χ2n) is 5.96. The molecule has 1 fully saturated rings. The molecule has 21 heavy (non-hydrogen) atoms. The molecule has 0 spiro atoms. The first-order valence-corrected chi connectivity index (χ1v) is 8.32. The van der Waals surface area contributed by atoms with Gasteiger partial charge in [0.25, 0.3) is 0 Å². The van der Waals surface area contributed by atoms with E-state index in [-0.39, 0.29) is 0 Å². The number of anilines is 1. The van der Waals surface area contributed by atoms with Crippen molar-refractivity contribution in [3.8, 4) is 0 Å². The van der Waals surface area contributed by atoms with Crippen molar-refractivity contribution in [1.82, 2.24) is 10.2 Å². The Balaban J connectivity index is 1.84.